The van der Waals surface area contributed by atoms with E-state index in [4.69, 9.17) is 10.5 Å². The van der Waals surface area contributed by atoms with Crippen molar-refractivity contribution in [1.29, 1.82) is 0 Å². The highest BCUT2D eigenvalue weighted by Gasteiger charge is 2.31. The number of para-hydroxylation sites is 1. The first-order chi connectivity index (χ1) is 13.3. The summed E-state index contributed by atoms with van der Waals surface area (Å²) < 4.78 is 43.9. The van der Waals surface area contributed by atoms with Crippen LogP contribution in [0.1, 0.15) is 15.9 Å². The molecule has 0 aromatic heterocycles. The zero-order valence-electron chi connectivity index (χ0n) is 16.1. The highest BCUT2D eigenvalue weighted by molar-refractivity contribution is 5.94. The summed E-state index contributed by atoms with van der Waals surface area (Å²) in [7, 11) is 0. The van der Waals surface area contributed by atoms with Gasteiger partial charge in [0.05, 0.1) is 11.1 Å². The fourth-order valence-electron chi connectivity index (χ4n) is 3.14. The lowest BCUT2D eigenvalue weighted by Crippen LogP contribution is -2.47. The molecular formula is C20H24Cl2F3N3O2. The van der Waals surface area contributed by atoms with E-state index < -0.39 is 17.7 Å². The van der Waals surface area contributed by atoms with Gasteiger partial charge in [0, 0.05) is 44.1 Å². The number of alkyl halides is 3. The molecule has 2 N–H and O–H groups in total. The second-order valence-electron chi connectivity index (χ2n) is 6.60. The Kier molecular flexibility index (Phi) is 9.74. The molecule has 2 aromatic carbocycles. The van der Waals surface area contributed by atoms with Crippen LogP contribution < -0.4 is 10.6 Å². The minimum atomic E-state index is -4.34. The Hall–Kier alpha value is -2.16. The van der Waals surface area contributed by atoms with E-state index in [-0.39, 0.29) is 31.4 Å². The van der Waals surface area contributed by atoms with Gasteiger partial charge in [-0.15, -0.1) is 24.8 Å². The molecule has 30 heavy (non-hydrogen) atoms. The van der Waals surface area contributed by atoms with E-state index >= 15 is 0 Å². The molecule has 0 radical (unpaired) electrons. The lowest BCUT2D eigenvalue weighted by molar-refractivity contribution is -0.137. The average Bonchev–Trinajstić information content (AvgIpc) is 2.68. The van der Waals surface area contributed by atoms with Crippen LogP contribution in [0.4, 0.5) is 24.5 Å². The van der Waals surface area contributed by atoms with Crippen molar-refractivity contribution in [3.63, 3.8) is 0 Å². The quantitative estimate of drug-likeness (QED) is 0.531. The van der Waals surface area contributed by atoms with Crippen molar-refractivity contribution in [2.75, 3.05) is 50.0 Å². The summed E-state index contributed by atoms with van der Waals surface area (Å²) in [5, 5.41) is 0. The number of benzene rings is 2. The number of hydrogen-bond acceptors (Lipinski definition) is 5. The molecule has 1 fully saturated rings. The maximum atomic E-state index is 12.9. The van der Waals surface area contributed by atoms with E-state index in [1.807, 2.05) is 4.90 Å². The molecule has 10 heteroatoms. The van der Waals surface area contributed by atoms with Crippen LogP contribution in [-0.4, -0.2) is 50.2 Å². The Morgan fingerprint density at radius 3 is 2.30 bits per heavy atom. The van der Waals surface area contributed by atoms with Gasteiger partial charge in [-0.3, -0.25) is 4.90 Å². The maximum Gasteiger partial charge on any atom is 0.416 e. The lowest BCUT2D eigenvalue weighted by atomic mass is 10.1. The van der Waals surface area contributed by atoms with Crippen molar-refractivity contribution in [2.45, 2.75) is 6.18 Å². The largest absolute Gasteiger partial charge is 0.461 e. The van der Waals surface area contributed by atoms with E-state index in [1.54, 1.807) is 30.3 Å². The first-order valence-electron chi connectivity index (χ1n) is 9.01. The molecule has 0 spiro atoms. The van der Waals surface area contributed by atoms with E-state index in [1.165, 1.54) is 12.1 Å². The fourth-order valence-corrected chi connectivity index (χ4v) is 3.14. The van der Waals surface area contributed by atoms with Gasteiger partial charge in [0.25, 0.3) is 0 Å². The number of nitrogen functional groups attached to an aromatic ring is 1. The van der Waals surface area contributed by atoms with Gasteiger partial charge in [-0.2, -0.15) is 13.2 Å². The molecule has 0 atom stereocenters. The molecule has 3 rings (SSSR count). The van der Waals surface area contributed by atoms with Gasteiger partial charge in [-0.05, 0) is 30.3 Å². The lowest BCUT2D eigenvalue weighted by Gasteiger charge is -2.36. The van der Waals surface area contributed by atoms with Crippen LogP contribution in [0.3, 0.4) is 0 Å². The zero-order chi connectivity index (χ0) is 20.1. The smallest absolute Gasteiger partial charge is 0.416 e. The summed E-state index contributed by atoms with van der Waals surface area (Å²) >= 11 is 0. The number of piperazine rings is 1. The monoisotopic (exact) mass is 465 g/mol. The predicted molar refractivity (Wildman–Crippen MR) is 116 cm³/mol. The minimum Gasteiger partial charge on any atom is -0.461 e. The Labute approximate surface area is 185 Å². The molecule has 0 aliphatic carbocycles. The van der Waals surface area contributed by atoms with Crippen molar-refractivity contribution in [1.82, 2.24) is 4.90 Å². The van der Waals surface area contributed by atoms with Crippen molar-refractivity contribution >= 4 is 42.2 Å². The van der Waals surface area contributed by atoms with E-state index in [0.29, 0.717) is 49.7 Å². The van der Waals surface area contributed by atoms with Crippen LogP contribution in [0.15, 0.2) is 48.5 Å². The van der Waals surface area contributed by atoms with Crippen molar-refractivity contribution < 1.29 is 22.7 Å². The summed E-state index contributed by atoms with van der Waals surface area (Å²) in [5.74, 6) is -0.458. The van der Waals surface area contributed by atoms with E-state index in [2.05, 4.69) is 4.90 Å². The van der Waals surface area contributed by atoms with Gasteiger partial charge in [0.2, 0.25) is 0 Å². The highest BCUT2D eigenvalue weighted by Crippen LogP contribution is 2.31. The molecule has 0 unspecified atom stereocenters. The van der Waals surface area contributed by atoms with Crippen molar-refractivity contribution in [3.8, 4) is 0 Å². The molecule has 2 aromatic rings. The topological polar surface area (TPSA) is 58.8 Å². The molecule has 1 aliphatic heterocycles. The fraction of sp³-hybridized carbons (Fsp3) is 0.350. The summed E-state index contributed by atoms with van der Waals surface area (Å²) in [4.78, 5) is 16.1. The van der Waals surface area contributed by atoms with Crippen LogP contribution >= 0.6 is 24.8 Å². The molecular weight excluding hydrogens is 442 g/mol. The van der Waals surface area contributed by atoms with Crippen LogP contribution in [0, 0.1) is 0 Å². The number of hydrogen-bond donors (Lipinski definition) is 1. The molecule has 0 amide bonds. The Balaban J connectivity index is 0.00000225. The number of esters is 1. The number of carbonyl (C=O) groups excluding carboxylic acids is 1. The van der Waals surface area contributed by atoms with Crippen molar-refractivity contribution in [2.24, 2.45) is 0 Å². The van der Waals surface area contributed by atoms with E-state index in [9.17, 15) is 18.0 Å². The molecule has 1 heterocycles. The number of rotatable bonds is 5. The van der Waals surface area contributed by atoms with Gasteiger partial charge in [0.1, 0.15) is 6.61 Å². The summed E-state index contributed by atoms with van der Waals surface area (Å²) in [5.41, 5.74) is 6.41. The van der Waals surface area contributed by atoms with Gasteiger partial charge < -0.3 is 15.4 Å². The Morgan fingerprint density at radius 1 is 1.00 bits per heavy atom. The number of nitrogens with two attached hydrogens (primary N) is 1. The molecule has 1 aliphatic rings. The Morgan fingerprint density at radius 2 is 1.67 bits per heavy atom. The van der Waals surface area contributed by atoms with Gasteiger partial charge in [0.15, 0.2) is 0 Å². The van der Waals surface area contributed by atoms with Crippen LogP contribution in [0.25, 0.3) is 0 Å². The van der Waals surface area contributed by atoms with Gasteiger partial charge in [-0.1, -0.05) is 18.2 Å². The second kappa shape index (κ2) is 11.3. The molecule has 1 saturated heterocycles. The molecule has 0 bridgehead atoms. The van der Waals surface area contributed by atoms with Crippen LogP contribution in [-0.2, 0) is 10.9 Å². The van der Waals surface area contributed by atoms with Crippen LogP contribution in [0.5, 0.6) is 0 Å². The van der Waals surface area contributed by atoms with E-state index in [0.717, 1.165) is 6.07 Å². The number of carbonyl (C=O) groups is 1. The third-order valence-electron chi connectivity index (χ3n) is 4.73. The van der Waals surface area contributed by atoms with Gasteiger partial charge >= 0.3 is 12.1 Å². The number of halogens is 5. The Bertz CT molecular complexity index is 829. The van der Waals surface area contributed by atoms with Crippen molar-refractivity contribution in [3.05, 3.63) is 59.7 Å². The minimum absolute atomic E-state index is 0. The molecule has 166 valence electrons. The van der Waals surface area contributed by atoms with Gasteiger partial charge in [-0.25, -0.2) is 4.79 Å². The maximum absolute atomic E-state index is 12.9. The normalized spacial score (nSPS) is 14.4. The summed E-state index contributed by atoms with van der Waals surface area (Å²) in [6, 6.07) is 12.1. The number of ether oxygens (including phenoxy) is 1. The highest BCUT2D eigenvalue weighted by atomic mass is 35.5. The predicted octanol–water partition coefficient (Wildman–Crippen LogP) is 4.11. The average molecular weight is 466 g/mol. The second-order valence-corrected chi connectivity index (χ2v) is 6.60. The standard InChI is InChI=1S/C20H22F3N3O2.2ClH/c21-20(22,23)15-4-3-5-16(14-15)26-10-8-25(9-11-26)12-13-28-19(27)17-6-1-2-7-18(17)24;;/h1-7,14H,8-13,24H2;2*1H. The molecule has 0 saturated carbocycles. The first-order valence-corrected chi connectivity index (χ1v) is 9.01. The first kappa shape index (κ1) is 25.9. The zero-order valence-corrected chi connectivity index (χ0v) is 17.7. The number of anilines is 2. The third-order valence-corrected chi connectivity index (χ3v) is 4.73. The third kappa shape index (κ3) is 6.68. The van der Waals surface area contributed by atoms with Crippen LogP contribution in [0.2, 0.25) is 0 Å². The SMILES string of the molecule is Cl.Cl.Nc1ccccc1C(=O)OCCN1CCN(c2cccc(C(F)(F)F)c2)CC1. The summed E-state index contributed by atoms with van der Waals surface area (Å²) in [6.45, 7) is 3.38. The number of nitrogens with zero attached hydrogens (tertiary/aromatic N) is 2. The summed E-state index contributed by atoms with van der Waals surface area (Å²) in [6.07, 6.45) is -4.34. The molecule has 5 nitrogen and oxygen atoms in total.